The van der Waals surface area contributed by atoms with E-state index in [4.69, 9.17) is 0 Å². The van der Waals surface area contributed by atoms with Gasteiger partial charge < -0.3 is 14.1 Å². The monoisotopic (exact) mass is 383 g/mol. The molecule has 1 aliphatic rings. The van der Waals surface area contributed by atoms with Crippen molar-refractivity contribution in [2.45, 2.75) is 19.5 Å². The van der Waals surface area contributed by atoms with Crippen LogP contribution in [-0.4, -0.2) is 24.1 Å². The summed E-state index contributed by atoms with van der Waals surface area (Å²) in [6.07, 6.45) is 17.5. The molecule has 6 heteroatoms. The maximum atomic E-state index is 12.7. The normalized spacial score (nSPS) is 18.5. The van der Waals surface area contributed by atoms with Gasteiger partial charge in [0.1, 0.15) is 5.65 Å². The van der Waals surface area contributed by atoms with Crippen molar-refractivity contribution in [1.82, 2.24) is 24.1 Å². The van der Waals surface area contributed by atoms with Crippen molar-refractivity contribution in [3.8, 4) is 11.1 Å². The third kappa shape index (κ3) is 3.12. The highest BCUT2D eigenvalue weighted by atomic mass is 16.1. The van der Waals surface area contributed by atoms with Gasteiger partial charge in [-0.25, -0.2) is 9.97 Å². The fourth-order valence-electron chi connectivity index (χ4n) is 3.97. The number of aromatic amines is 1. The summed E-state index contributed by atoms with van der Waals surface area (Å²) in [5.74, 6) is 0.321. The zero-order chi connectivity index (χ0) is 19.8. The van der Waals surface area contributed by atoms with Gasteiger partial charge in [0.2, 0.25) is 0 Å². The van der Waals surface area contributed by atoms with Crippen LogP contribution >= 0.6 is 0 Å². The second-order valence-electron chi connectivity index (χ2n) is 7.43. The number of nitrogens with one attached hydrogen (secondary N) is 1. The molecule has 1 aromatic carbocycles. The molecule has 1 aliphatic carbocycles. The summed E-state index contributed by atoms with van der Waals surface area (Å²) in [5.41, 5.74) is 3.68. The van der Waals surface area contributed by atoms with Gasteiger partial charge in [0, 0.05) is 30.7 Å². The van der Waals surface area contributed by atoms with Crippen molar-refractivity contribution in [1.29, 1.82) is 0 Å². The van der Waals surface area contributed by atoms with Crippen molar-refractivity contribution in [3.05, 3.63) is 95.7 Å². The van der Waals surface area contributed by atoms with E-state index in [9.17, 15) is 4.79 Å². The molecule has 144 valence electrons. The Morgan fingerprint density at radius 1 is 1.14 bits per heavy atom. The van der Waals surface area contributed by atoms with Gasteiger partial charge in [-0.1, -0.05) is 55.5 Å². The van der Waals surface area contributed by atoms with Gasteiger partial charge >= 0.3 is 0 Å². The molecule has 0 aliphatic heterocycles. The van der Waals surface area contributed by atoms with Crippen LogP contribution in [0.5, 0.6) is 0 Å². The average Bonchev–Trinajstić information content (AvgIpc) is 3.38. The lowest BCUT2D eigenvalue weighted by Crippen LogP contribution is -2.16. The predicted octanol–water partition coefficient (Wildman–Crippen LogP) is 3.94. The Balaban J connectivity index is 1.59. The van der Waals surface area contributed by atoms with Crippen LogP contribution in [0.1, 0.15) is 18.5 Å². The number of H-pyrrole nitrogens is 1. The van der Waals surface area contributed by atoms with E-state index in [-0.39, 0.29) is 11.6 Å². The van der Waals surface area contributed by atoms with E-state index in [1.807, 2.05) is 16.8 Å². The van der Waals surface area contributed by atoms with Crippen LogP contribution in [0.25, 0.3) is 22.2 Å². The molecule has 0 fully saturated rings. The first kappa shape index (κ1) is 17.4. The van der Waals surface area contributed by atoms with Crippen LogP contribution in [0.15, 0.2) is 84.6 Å². The molecule has 0 bridgehead atoms. The number of aromatic nitrogens is 5. The highest BCUT2D eigenvalue weighted by molar-refractivity contribution is 5.93. The molecule has 0 spiro atoms. The summed E-state index contributed by atoms with van der Waals surface area (Å²) in [7, 11) is 0. The molecule has 0 amide bonds. The third-order valence-corrected chi connectivity index (χ3v) is 5.50. The van der Waals surface area contributed by atoms with E-state index in [1.54, 1.807) is 12.5 Å². The molecular formula is C23H21N5O. The number of hydrogen-bond acceptors (Lipinski definition) is 3. The minimum atomic E-state index is -0.116. The lowest BCUT2D eigenvalue weighted by atomic mass is 9.97. The maximum Gasteiger partial charge on any atom is 0.260 e. The van der Waals surface area contributed by atoms with Crippen molar-refractivity contribution < 1.29 is 0 Å². The van der Waals surface area contributed by atoms with E-state index in [0.29, 0.717) is 17.0 Å². The number of imidazole rings is 1. The Morgan fingerprint density at radius 3 is 2.72 bits per heavy atom. The molecule has 2 unspecified atom stereocenters. The number of fused-ring (bicyclic) bond motifs is 1. The van der Waals surface area contributed by atoms with Crippen LogP contribution in [0.3, 0.4) is 0 Å². The number of hydrogen-bond donors (Lipinski definition) is 1. The Kier molecular flexibility index (Phi) is 4.24. The van der Waals surface area contributed by atoms with Crippen molar-refractivity contribution in [2.75, 3.05) is 0 Å². The Labute approximate surface area is 167 Å². The second kappa shape index (κ2) is 7.05. The second-order valence-corrected chi connectivity index (χ2v) is 7.43. The molecule has 0 saturated carbocycles. The minimum absolute atomic E-state index is 0.116. The van der Waals surface area contributed by atoms with Crippen LogP contribution in [0.2, 0.25) is 0 Å². The zero-order valence-electron chi connectivity index (χ0n) is 16.1. The molecule has 2 atom stereocenters. The third-order valence-electron chi connectivity index (χ3n) is 5.50. The van der Waals surface area contributed by atoms with Crippen LogP contribution in [-0.2, 0) is 6.54 Å². The summed E-state index contributed by atoms with van der Waals surface area (Å²) in [5, 5.41) is 0.630. The fourth-order valence-corrected chi connectivity index (χ4v) is 3.97. The highest BCUT2D eigenvalue weighted by Gasteiger charge is 2.22. The van der Waals surface area contributed by atoms with Gasteiger partial charge in [0.15, 0.2) is 0 Å². The summed E-state index contributed by atoms with van der Waals surface area (Å²) in [6, 6.07) is 8.45. The maximum absolute atomic E-state index is 12.7. The largest absolute Gasteiger partial charge is 0.333 e. The van der Waals surface area contributed by atoms with Crippen molar-refractivity contribution in [3.63, 3.8) is 0 Å². The Hall–Kier alpha value is -3.67. The van der Waals surface area contributed by atoms with E-state index in [1.165, 1.54) is 11.9 Å². The van der Waals surface area contributed by atoms with Gasteiger partial charge in [0.05, 0.1) is 24.1 Å². The topological polar surface area (TPSA) is 68.5 Å². The molecule has 3 aromatic heterocycles. The molecule has 0 saturated heterocycles. The smallest absolute Gasteiger partial charge is 0.260 e. The summed E-state index contributed by atoms with van der Waals surface area (Å²) < 4.78 is 4.14. The molecule has 1 N–H and O–H groups in total. The Morgan fingerprint density at radius 2 is 1.97 bits per heavy atom. The summed E-state index contributed by atoms with van der Waals surface area (Å²) in [4.78, 5) is 24.0. The van der Waals surface area contributed by atoms with Gasteiger partial charge in [0.25, 0.3) is 5.56 Å². The van der Waals surface area contributed by atoms with Crippen LogP contribution < -0.4 is 5.56 Å². The van der Waals surface area contributed by atoms with E-state index in [0.717, 1.165) is 17.7 Å². The predicted molar refractivity (Wildman–Crippen MR) is 114 cm³/mol. The Bertz CT molecular complexity index is 1260. The highest BCUT2D eigenvalue weighted by Crippen LogP contribution is 2.33. The molecule has 29 heavy (non-hydrogen) atoms. The van der Waals surface area contributed by atoms with E-state index >= 15 is 0 Å². The first-order valence-corrected chi connectivity index (χ1v) is 9.69. The van der Waals surface area contributed by atoms with E-state index in [2.05, 4.69) is 75.1 Å². The SMILES string of the molecule is CC1C=CC=CC1n1cc(-c2ccc(Cn3ccnc3)cc2)c2c(=O)[nH]cnc21. The zero-order valence-corrected chi connectivity index (χ0v) is 16.1. The molecule has 6 nitrogen and oxygen atoms in total. The first-order valence-electron chi connectivity index (χ1n) is 9.69. The average molecular weight is 383 g/mol. The molecule has 0 radical (unpaired) electrons. The standard InChI is InChI=1S/C23H21N5O/c1-16-4-2-3-5-20(16)28-13-19(21-22(28)25-14-26-23(21)29)18-8-6-17(7-9-18)12-27-11-10-24-15-27/h2-11,13-16,20H,12H2,1H3,(H,25,26,29). The van der Waals surface area contributed by atoms with E-state index < -0.39 is 0 Å². The van der Waals surface area contributed by atoms with Crippen molar-refractivity contribution >= 4 is 11.0 Å². The number of benzene rings is 1. The lowest BCUT2D eigenvalue weighted by molar-refractivity contribution is 0.496. The number of allylic oxidation sites excluding steroid dienone is 4. The summed E-state index contributed by atoms with van der Waals surface area (Å²) in [6.45, 7) is 2.94. The minimum Gasteiger partial charge on any atom is -0.333 e. The number of nitrogens with zero attached hydrogens (tertiary/aromatic N) is 4. The fraction of sp³-hybridized carbons (Fsp3) is 0.174. The molecule has 5 rings (SSSR count). The van der Waals surface area contributed by atoms with Crippen LogP contribution in [0.4, 0.5) is 0 Å². The van der Waals surface area contributed by atoms with Gasteiger partial charge in [-0.15, -0.1) is 0 Å². The van der Waals surface area contributed by atoms with Crippen LogP contribution in [0, 0.1) is 5.92 Å². The first-order chi connectivity index (χ1) is 14.2. The molecule has 4 aromatic rings. The van der Waals surface area contributed by atoms with Crippen molar-refractivity contribution in [2.24, 2.45) is 5.92 Å². The molecule has 3 heterocycles. The van der Waals surface area contributed by atoms with Gasteiger partial charge in [-0.05, 0) is 17.0 Å². The molecular weight excluding hydrogens is 362 g/mol. The quantitative estimate of drug-likeness (QED) is 0.580. The number of rotatable bonds is 4. The van der Waals surface area contributed by atoms with Gasteiger partial charge in [-0.3, -0.25) is 4.79 Å². The van der Waals surface area contributed by atoms with Gasteiger partial charge in [-0.2, -0.15) is 0 Å². The lowest BCUT2D eigenvalue weighted by Gasteiger charge is -2.22. The summed E-state index contributed by atoms with van der Waals surface area (Å²) >= 11 is 0.